The summed E-state index contributed by atoms with van der Waals surface area (Å²) in [6, 6.07) is 12.6. The number of amides is 1. The van der Waals surface area contributed by atoms with Gasteiger partial charge in [-0.05, 0) is 23.8 Å². The molecular weight excluding hydrogens is 353 g/mol. The van der Waals surface area contributed by atoms with E-state index in [9.17, 15) is 14.7 Å². The minimum Gasteiger partial charge on any atom is -0.484 e. The average molecular weight is 368 g/mol. The average Bonchev–Trinajstić information content (AvgIpc) is 2.52. The van der Waals surface area contributed by atoms with E-state index in [4.69, 9.17) is 27.9 Å². The summed E-state index contributed by atoms with van der Waals surface area (Å²) in [5.41, 5.74) is 0.813. The van der Waals surface area contributed by atoms with Crippen LogP contribution in [0.4, 0.5) is 0 Å². The number of benzene rings is 2. The molecule has 0 radical (unpaired) electrons. The first-order chi connectivity index (χ1) is 11.4. The lowest BCUT2D eigenvalue weighted by molar-refractivity contribution is -0.142. The van der Waals surface area contributed by atoms with Gasteiger partial charge in [0, 0.05) is 16.5 Å². The van der Waals surface area contributed by atoms with Gasteiger partial charge in [0.1, 0.15) is 11.8 Å². The van der Waals surface area contributed by atoms with Crippen LogP contribution in [0.25, 0.3) is 0 Å². The van der Waals surface area contributed by atoms with Crippen molar-refractivity contribution in [3.8, 4) is 5.75 Å². The number of ether oxygens (including phenoxy) is 1. The highest BCUT2D eigenvalue weighted by Crippen LogP contribution is 2.24. The number of nitrogens with one attached hydrogen (secondary N) is 1. The van der Waals surface area contributed by atoms with Gasteiger partial charge in [0.05, 0.1) is 0 Å². The van der Waals surface area contributed by atoms with Crippen LogP contribution in [-0.4, -0.2) is 29.6 Å². The maximum absolute atomic E-state index is 11.9. The molecule has 0 aliphatic heterocycles. The molecule has 1 atom stereocenters. The zero-order chi connectivity index (χ0) is 17.5. The van der Waals surface area contributed by atoms with E-state index < -0.39 is 17.9 Å². The Balaban J connectivity index is 1.92. The standard InChI is InChI=1S/C17H15Cl2NO4/c18-12-7-13(19)9-14(8-12)24-10-16(21)20-15(17(22)23)6-11-4-2-1-3-5-11/h1-5,7-9,15H,6,10H2,(H,20,21)(H,22,23). The van der Waals surface area contributed by atoms with Gasteiger partial charge in [0.25, 0.3) is 5.91 Å². The van der Waals surface area contributed by atoms with Crippen molar-refractivity contribution >= 4 is 35.1 Å². The molecule has 0 fully saturated rings. The fraction of sp³-hybridized carbons (Fsp3) is 0.176. The molecule has 0 bridgehead atoms. The van der Waals surface area contributed by atoms with E-state index in [1.807, 2.05) is 18.2 Å². The van der Waals surface area contributed by atoms with Crippen LogP contribution in [0.15, 0.2) is 48.5 Å². The first kappa shape index (κ1) is 18.1. The van der Waals surface area contributed by atoms with Gasteiger partial charge in [-0.1, -0.05) is 53.5 Å². The maximum Gasteiger partial charge on any atom is 0.326 e. The highest BCUT2D eigenvalue weighted by Gasteiger charge is 2.20. The van der Waals surface area contributed by atoms with Crippen molar-refractivity contribution in [3.63, 3.8) is 0 Å². The summed E-state index contributed by atoms with van der Waals surface area (Å²) < 4.78 is 5.29. The number of aliphatic carboxylic acids is 1. The predicted molar refractivity (Wildman–Crippen MR) is 91.7 cm³/mol. The molecular formula is C17H15Cl2NO4. The predicted octanol–water partition coefficient (Wildman–Crippen LogP) is 3.18. The molecule has 2 aromatic rings. The SMILES string of the molecule is O=C(COc1cc(Cl)cc(Cl)c1)NC(Cc1ccccc1)C(=O)O. The van der Waals surface area contributed by atoms with Crippen molar-refractivity contribution in [2.24, 2.45) is 0 Å². The van der Waals surface area contributed by atoms with Gasteiger partial charge in [-0.2, -0.15) is 0 Å². The summed E-state index contributed by atoms with van der Waals surface area (Å²) in [5.74, 6) is -1.33. The highest BCUT2D eigenvalue weighted by atomic mass is 35.5. The van der Waals surface area contributed by atoms with E-state index in [-0.39, 0.29) is 13.0 Å². The third-order valence-electron chi connectivity index (χ3n) is 3.12. The number of carbonyl (C=O) groups excluding carboxylic acids is 1. The van der Waals surface area contributed by atoms with Crippen LogP contribution < -0.4 is 10.1 Å². The second-order valence-corrected chi connectivity index (χ2v) is 5.91. The van der Waals surface area contributed by atoms with Crippen molar-refractivity contribution in [2.45, 2.75) is 12.5 Å². The largest absolute Gasteiger partial charge is 0.484 e. The number of rotatable bonds is 7. The number of carboxylic acids is 1. The Morgan fingerprint density at radius 2 is 1.71 bits per heavy atom. The number of carbonyl (C=O) groups is 2. The summed E-state index contributed by atoms with van der Waals surface area (Å²) >= 11 is 11.7. The molecule has 0 aromatic heterocycles. The molecule has 2 N–H and O–H groups in total. The Bertz CT molecular complexity index is 702. The summed E-state index contributed by atoms with van der Waals surface area (Å²) in [6.45, 7) is -0.338. The van der Waals surface area contributed by atoms with Gasteiger partial charge in [0.15, 0.2) is 6.61 Å². The fourth-order valence-corrected chi connectivity index (χ4v) is 2.55. The Labute approximate surface area is 149 Å². The second kappa shape index (κ2) is 8.57. The Morgan fingerprint density at radius 1 is 1.08 bits per heavy atom. The van der Waals surface area contributed by atoms with Crippen molar-refractivity contribution in [3.05, 3.63) is 64.1 Å². The monoisotopic (exact) mass is 367 g/mol. The summed E-state index contributed by atoms with van der Waals surface area (Å²) in [5, 5.41) is 12.4. The molecule has 0 saturated carbocycles. The molecule has 5 nitrogen and oxygen atoms in total. The quantitative estimate of drug-likeness (QED) is 0.787. The maximum atomic E-state index is 11.9. The normalized spacial score (nSPS) is 11.6. The van der Waals surface area contributed by atoms with E-state index >= 15 is 0 Å². The zero-order valence-electron chi connectivity index (χ0n) is 12.5. The van der Waals surface area contributed by atoms with E-state index in [1.54, 1.807) is 12.1 Å². The van der Waals surface area contributed by atoms with Crippen LogP contribution in [0.2, 0.25) is 10.0 Å². The minimum atomic E-state index is -1.11. The Kier molecular flexibility index (Phi) is 6.46. The van der Waals surface area contributed by atoms with Crippen LogP contribution >= 0.6 is 23.2 Å². The van der Waals surface area contributed by atoms with E-state index in [2.05, 4.69) is 5.32 Å². The lowest BCUT2D eigenvalue weighted by Gasteiger charge is -2.15. The molecule has 0 spiro atoms. The molecule has 126 valence electrons. The van der Waals surface area contributed by atoms with Crippen LogP contribution in [-0.2, 0) is 16.0 Å². The smallest absolute Gasteiger partial charge is 0.326 e. The van der Waals surface area contributed by atoms with Gasteiger partial charge in [-0.25, -0.2) is 4.79 Å². The van der Waals surface area contributed by atoms with Crippen molar-refractivity contribution in [1.82, 2.24) is 5.32 Å². The molecule has 7 heteroatoms. The van der Waals surface area contributed by atoms with Crippen molar-refractivity contribution < 1.29 is 19.4 Å². The van der Waals surface area contributed by atoms with Gasteiger partial charge < -0.3 is 15.2 Å². The number of hydrogen-bond acceptors (Lipinski definition) is 3. The highest BCUT2D eigenvalue weighted by molar-refractivity contribution is 6.34. The molecule has 0 saturated heterocycles. The summed E-state index contributed by atoms with van der Waals surface area (Å²) in [7, 11) is 0. The van der Waals surface area contributed by atoms with Crippen LogP contribution in [0, 0.1) is 0 Å². The molecule has 2 rings (SSSR count). The molecule has 0 aliphatic rings. The Morgan fingerprint density at radius 3 is 2.29 bits per heavy atom. The zero-order valence-corrected chi connectivity index (χ0v) is 14.1. The molecule has 1 amide bonds. The van der Waals surface area contributed by atoms with Crippen LogP contribution in [0.5, 0.6) is 5.75 Å². The summed E-state index contributed by atoms with van der Waals surface area (Å²) in [4.78, 5) is 23.2. The number of halogens is 2. The van der Waals surface area contributed by atoms with Gasteiger partial charge in [-0.15, -0.1) is 0 Å². The van der Waals surface area contributed by atoms with Gasteiger partial charge in [-0.3, -0.25) is 4.79 Å². The van der Waals surface area contributed by atoms with E-state index in [1.165, 1.54) is 18.2 Å². The minimum absolute atomic E-state index is 0.185. The fourth-order valence-electron chi connectivity index (χ4n) is 2.05. The summed E-state index contributed by atoms with van der Waals surface area (Å²) in [6.07, 6.45) is 0.185. The van der Waals surface area contributed by atoms with Gasteiger partial charge >= 0.3 is 5.97 Å². The van der Waals surface area contributed by atoms with Crippen LogP contribution in [0.1, 0.15) is 5.56 Å². The molecule has 0 aliphatic carbocycles. The first-order valence-electron chi connectivity index (χ1n) is 7.09. The van der Waals surface area contributed by atoms with Crippen molar-refractivity contribution in [1.29, 1.82) is 0 Å². The lowest BCUT2D eigenvalue weighted by atomic mass is 10.1. The van der Waals surface area contributed by atoms with E-state index in [0.717, 1.165) is 5.56 Å². The Hall–Kier alpha value is -2.24. The second-order valence-electron chi connectivity index (χ2n) is 5.04. The van der Waals surface area contributed by atoms with E-state index in [0.29, 0.717) is 15.8 Å². The number of carboxylic acid groups (broad SMARTS) is 1. The molecule has 2 aromatic carbocycles. The topological polar surface area (TPSA) is 75.6 Å². The van der Waals surface area contributed by atoms with Gasteiger partial charge in [0.2, 0.25) is 0 Å². The molecule has 0 heterocycles. The molecule has 24 heavy (non-hydrogen) atoms. The third-order valence-corrected chi connectivity index (χ3v) is 3.56. The van der Waals surface area contributed by atoms with Crippen molar-refractivity contribution in [2.75, 3.05) is 6.61 Å². The van der Waals surface area contributed by atoms with Crippen LogP contribution in [0.3, 0.4) is 0 Å². The number of hydrogen-bond donors (Lipinski definition) is 2. The third kappa shape index (κ3) is 5.76. The lowest BCUT2D eigenvalue weighted by Crippen LogP contribution is -2.44. The first-order valence-corrected chi connectivity index (χ1v) is 7.84. The molecule has 1 unspecified atom stereocenters.